The molecule has 0 spiro atoms. The van der Waals surface area contributed by atoms with Gasteiger partial charge in [-0.05, 0) is 42.0 Å². The molecule has 2 aromatic rings. The van der Waals surface area contributed by atoms with Crippen LogP contribution in [0.3, 0.4) is 0 Å². The maximum absolute atomic E-state index is 13.0. The third-order valence-corrected chi connectivity index (χ3v) is 7.26. The fourth-order valence-electron chi connectivity index (χ4n) is 2.26. The van der Waals surface area contributed by atoms with Crippen LogP contribution in [-0.4, -0.2) is 31.0 Å². The van der Waals surface area contributed by atoms with Crippen LogP contribution in [0.15, 0.2) is 52.4 Å². The minimum Gasteiger partial charge on any atom is -0.260 e. The summed E-state index contributed by atoms with van der Waals surface area (Å²) >= 11 is 13.2. The van der Waals surface area contributed by atoms with Gasteiger partial charge in [-0.3, -0.25) is 4.99 Å². The monoisotopic (exact) mass is 418 g/mol. The molecule has 0 N–H and O–H groups in total. The van der Waals surface area contributed by atoms with Crippen molar-refractivity contribution in [3.05, 3.63) is 63.9 Å². The number of aliphatic imine (C=N–C) groups is 1. The molecule has 0 radical (unpaired) electrons. The largest absolute Gasteiger partial charge is 0.265 e. The molecule has 1 heterocycles. The van der Waals surface area contributed by atoms with Crippen molar-refractivity contribution in [2.75, 3.05) is 13.1 Å². The molecule has 0 atom stereocenters. The number of sulfonamides is 1. The highest BCUT2D eigenvalue weighted by Gasteiger charge is 2.30. The molecule has 0 unspecified atom stereocenters. The highest BCUT2D eigenvalue weighted by atomic mass is 35.5. The maximum atomic E-state index is 13.0. The molecule has 25 heavy (non-hydrogen) atoms. The lowest BCUT2D eigenvalue weighted by Gasteiger charge is -2.20. The highest BCUT2D eigenvalue weighted by molar-refractivity contribution is 8.14. The summed E-state index contributed by atoms with van der Waals surface area (Å²) in [5.74, 6) is 0.0220. The van der Waals surface area contributed by atoms with E-state index in [0.717, 1.165) is 17.7 Å². The van der Waals surface area contributed by atoms with E-state index in [-0.39, 0.29) is 11.4 Å². The van der Waals surface area contributed by atoms with E-state index < -0.39 is 15.8 Å². The Morgan fingerprint density at radius 1 is 1.12 bits per heavy atom. The van der Waals surface area contributed by atoms with Gasteiger partial charge in [-0.25, -0.2) is 17.1 Å². The number of hydrogen-bond donors (Lipinski definition) is 0. The first-order chi connectivity index (χ1) is 11.9. The van der Waals surface area contributed by atoms with Crippen LogP contribution in [0, 0.1) is 5.82 Å². The van der Waals surface area contributed by atoms with Gasteiger partial charge in [-0.15, -0.1) is 0 Å². The van der Waals surface area contributed by atoms with Crippen LogP contribution in [0.4, 0.5) is 4.39 Å². The van der Waals surface area contributed by atoms with Gasteiger partial charge in [0.1, 0.15) is 5.82 Å². The Labute approximate surface area is 159 Å². The van der Waals surface area contributed by atoms with Crippen molar-refractivity contribution in [2.24, 2.45) is 4.99 Å². The third kappa shape index (κ3) is 4.11. The lowest BCUT2D eigenvalue weighted by molar-refractivity contribution is 0.539. The zero-order chi connectivity index (χ0) is 18.0. The van der Waals surface area contributed by atoms with Gasteiger partial charge < -0.3 is 0 Å². The fourth-order valence-corrected chi connectivity index (χ4v) is 5.25. The first-order valence-electron chi connectivity index (χ1n) is 7.27. The SMILES string of the molecule is O=S(=O)(c1ccc(F)cc1)N1CCN=C1SCc1ccc(Cl)c(Cl)c1. The molecule has 0 fully saturated rings. The second kappa shape index (κ2) is 7.53. The summed E-state index contributed by atoms with van der Waals surface area (Å²) in [6.45, 7) is 0.660. The van der Waals surface area contributed by atoms with Crippen LogP contribution in [0.2, 0.25) is 10.0 Å². The Bertz CT molecular complexity index is 918. The minimum absolute atomic E-state index is 0.0404. The standard InChI is InChI=1S/C16H13Cl2FN2O2S2/c17-14-6-1-11(9-15(14)18)10-24-16-20-7-8-21(16)25(22,23)13-4-2-12(19)3-5-13/h1-6,9H,7-8,10H2. The van der Waals surface area contributed by atoms with Crippen molar-refractivity contribution in [1.82, 2.24) is 4.31 Å². The second-order valence-corrected chi connectivity index (χ2v) is 8.85. The van der Waals surface area contributed by atoms with E-state index in [0.29, 0.717) is 27.5 Å². The smallest absolute Gasteiger partial charge is 0.260 e. The van der Waals surface area contributed by atoms with Gasteiger partial charge in [0.2, 0.25) is 0 Å². The Hall–Kier alpha value is -1.28. The van der Waals surface area contributed by atoms with Crippen molar-refractivity contribution >= 4 is 50.2 Å². The number of hydrogen-bond acceptors (Lipinski definition) is 4. The number of nitrogens with zero attached hydrogens (tertiary/aromatic N) is 2. The quantitative estimate of drug-likeness (QED) is 0.737. The molecule has 132 valence electrons. The topological polar surface area (TPSA) is 49.7 Å². The van der Waals surface area contributed by atoms with Gasteiger partial charge in [0.15, 0.2) is 5.17 Å². The number of amidine groups is 1. The van der Waals surface area contributed by atoms with E-state index in [2.05, 4.69) is 4.99 Å². The highest BCUT2D eigenvalue weighted by Crippen LogP contribution is 2.28. The van der Waals surface area contributed by atoms with Crippen molar-refractivity contribution in [3.8, 4) is 0 Å². The molecule has 2 aromatic carbocycles. The summed E-state index contributed by atoms with van der Waals surface area (Å²) in [4.78, 5) is 4.32. The summed E-state index contributed by atoms with van der Waals surface area (Å²) in [6.07, 6.45) is 0. The normalized spacial score (nSPS) is 14.7. The second-order valence-electron chi connectivity index (χ2n) is 5.23. The fraction of sp³-hybridized carbons (Fsp3) is 0.188. The average molecular weight is 419 g/mol. The molecule has 0 amide bonds. The molecule has 0 aromatic heterocycles. The molecule has 0 aliphatic carbocycles. The zero-order valence-corrected chi connectivity index (χ0v) is 16.0. The minimum atomic E-state index is -3.76. The molecule has 1 aliphatic heterocycles. The Morgan fingerprint density at radius 3 is 2.52 bits per heavy atom. The Morgan fingerprint density at radius 2 is 1.84 bits per heavy atom. The van der Waals surface area contributed by atoms with Crippen LogP contribution < -0.4 is 0 Å². The summed E-state index contributed by atoms with van der Waals surface area (Å²) in [5.41, 5.74) is 0.910. The van der Waals surface area contributed by atoms with Gasteiger partial charge >= 0.3 is 0 Å². The first kappa shape index (κ1) is 18.5. The van der Waals surface area contributed by atoms with Gasteiger partial charge in [0.05, 0.1) is 28.0 Å². The molecule has 0 bridgehead atoms. The lowest BCUT2D eigenvalue weighted by atomic mass is 10.2. The molecule has 3 rings (SSSR count). The van der Waals surface area contributed by atoms with E-state index in [1.165, 1.54) is 28.2 Å². The van der Waals surface area contributed by atoms with Crippen LogP contribution in [0.5, 0.6) is 0 Å². The Kier molecular flexibility index (Phi) is 5.58. The number of benzene rings is 2. The molecular formula is C16H13Cl2FN2O2S2. The number of rotatable bonds is 4. The molecule has 4 nitrogen and oxygen atoms in total. The van der Waals surface area contributed by atoms with Gasteiger partial charge in [-0.2, -0.15) is 0 Å². The van der Waals surface area contributed by atoms with E-state index in [1.54, 1.807) is 12.1 Å². The van der Waals surface area contributed by atoms with E-state index in [1.807, 2.05) is 6.07 Å². The van der Waals surface area contributed by atoms with E-state index in [4.69, 9.17) is 23.2 Å². The van der Waals surface area contributed by atoms with Crippen LogP contribution in [0.1, 0.15) is 5.56 Å². The van der Waals surface area contributed by atoms with Crippen molar-refractivity contribution in [3.63, 3.8) is 0 Å². The average Bonchev–Trinajstić information content (AvgIpc) is 3.06. The maximum Gasteiger partial charge on any atom is 0.265 e. The summed E-state index contributed by atoms with van der Waals surface area (Å²) in [6, 6.07) is 10.0. The van der Waals surface area contributed by atoms with Crippen molar-refractivity contribution in [2.45, 2.75) is 10.6 Å². The predicted molar refractivity (Wildman–Crippen MR) is 100 cm³/mol. The predicted octanol–water partition coefficient (Wildman–Crippen LogP) is 4.43. The molecule has 1 aliphatic rings. The summed E-state index contributed by atoms with van der Waals surface area (Å²) < 4.78 is 39.8. The number of halogens is 3. The third-order valence-electron chi connectivity index (χ3n) is 3.52. The van der Waals surface area contributed by atoms with Crippen molar-refractivity contribution < 1.29 is 12.8 Å². The summed E-state index contributed by atoms with van der Waals surface area (Å²) in [5, 5.41) is 1.33. The molecule has 9 heteroatoms. The first-order valence-corrected chi connectivity index (χ1v) is 10.5. The zero-order valence-electron chi connectivity index (χ0n) is 12.8. The number of thioether (sulfide) groups is 1. The van der Waals surface area contributed by atoms with Crippen molar-refractivity contribution in [1.29, 1.82) is 0 Å². The van der Waals surface area contributed by atoms with Crippen LogP contribution in [0.25, 0.3) is 0 Å². The summed E-state index contributed by atoms with van der Waals surface area (Å²) in [7, 11) is -3.76. The Balaban J connectivity index is 1.75. The van der Waals surface area contributed by atoms with E-state index in [9.17, 15) is 12.8 Å². The lowest BCUT2D eigenvalue weighted by Crippen LogP contribution is -2.32. The molecule has 0 saturated heterocycles. The van der Waals surface area contributed by atoms with Gasteiger partial charge in [0.25, 0.3) is 10.0 Å². The van der Waals surface area contributed by atoms with E-state index >= 15 is 0 Å². The molecular weight excluding hydrogens is 406 g/mol. The van der Waals surface area contributed by atoms with Crippen LogP contribution in [-0.2, 0) is 15.8 Å². The van der Waals surface area contributed by atoms with Crippen LogP contribution >= 0.6 is 35.0 Å². The van der Waals surface area contributed by atoms with Gasteiger partial charge in [0, 0.05) is 5.75 Å². The molecule has 0 saturated carbocycles. The van der Waals surface area contributed by atoms with Gasteiger partial charge in [-0.1, -0.05) is 41.0 Å².